The first-order chi connectivity index (χ1) is 15.0. The molecule has 0 bridgehead atoms. The third-order valence-electron chi connectivity index (χ3n) is 6.24. The van der Waals surface area contributed by atoms with Crippen LogP contribution < -0.4 is 10.2 Å². The second kappa shape index (κ2) is 10.4. The van der Waals surface area contributed by atoms with Crippen LogP contribution >= 0.6 is 24.0 Å². The predicted molar refractivity (Wildman–Crippen MR) is 138 cm³/mol. The van der Waals surface area contributed by atoms with Gasteiger partial charge in [0.25, 0.3) is 0 Å². The topological polar surface area (TPSA) is 18.5 Å². The van der Waals surface area contributed by atoms with Gasteiger partial charge in [0.05, 0.1) is 11.4 Å². The van der Waals surface area contributed by atoms with Gasteiger partial charge in [-0.25, -0.2) is 0 Å². The predicted octanol–water partition coefficient (Wildman–Crippen LogP) is 6.47. The quantitative estimate of drug-likeness (QED) is 0.483. The number of hydrogen-bond donors (Lipinski definition) is 1. The van der Waals surface area contributed by atoms with E-state index < -0.39 is 0 Å². The molecule has 3 nitrogen and oxygen atoms in total. The molecule has 1 fully saturated rings. The number of nitrogens with zero attached hydrogens (tertiary/aromatic N) is 2. The summed E-state index contributed by atoms with van der Waals surface area (Å²) in [5.41, 5.74) is 3.73. The van der Waals surface area contributed by atoms with E-state index in [2.05, 4.69) is 78.4 Å². The summed E-state index contributed by atoms with van der Waals surface area (Å²) in [5.74, 6) is 0.679. The van der Waals surface area contributed by atoms with Crippen molar-refractivity contribution in [3.63, 3.8) is 0 Å². The average Bonchev–Trinajstić information content (AvgIpc) is 2.77. The normalized spacial score (nSPS) is 17.2. The minimum absolute atomic E-state index is 0.400. The standard InChI is InChI=1S/C26H35N3S2/c1-19(2)13-14-27-26(30)21-11-12-25-23(17-21)29(22-9-5-6-10-24(22)31-25)20(3)18-28-15-7-4-8-16-28/h5-6,9-12,17,19-20H,4,7-8,13-16,18H2,1-3H3,(H,27,30). The van der Waals surface area contributed by atoms with E-state index in [1.807, 2.05) is 11.8 Å². The van der Waals surface area contributed by atoms with Gasteiger partial charge in [-0.15, -0.1) is 0 Å². The Balaban J connectivity index is 1.60. The molecule has 2 heterocycles. The lowest BCUT2D eigenvalue weighted by molar-refractivity contribution is 0.219. The largest absolute Gasteiger partial charge is 0.376 e. The van der Waals surface area contributed by atoms with Crippen LogP contribution in [0.2, 0.25) is 0 Å². The molecule has 2 aromatic rings. The summed E-state index contributed by atoms with van der Waals surface area (Å²) in [4.78, 5) is 8.70. The third kappa shape index (κ3) is 5.44. The number of hydrogen-bond acceptors (Lipinski definition) is 4. The third-order valence-corrected chi connectivity index (χ3v) is 7.75. The summed E-state index contributed by atoms with van der Waals surface area (Å²) >= 11 is 7.62. The lowest BCUT2D eigenvalue weighted by atomic mass is 10.1. The van der Waals surface area contributed by atoms with Crippen molar-refractivity contribution in [2.75, 3.05) is 31.1 Å². The van der Waals surface area contributed by atoms with E-state index in [0.717, 1.165) is 30.1 Å². The van der Waals surface area contributed by atoms with Crippen LogP contribution in [0.1, 0.15) is 52.0 Å². The maximum atomic E-state index is 5.75. The fourth-order valence-electron chi connectivity index (χ4n) is 4.57. The van der Waals surface area contributed by atoms with Gasteiger partial charge in [0.2, 0.25) is 0 Å². The molecule has 1 atom stereocenters. The van der Waals surface area contributed by atoms with Gasteiger partial charge in [-0.2, -0.15) is 0 Å². The first-order valence-corrected chi connectivity index (χ1v) is 13.0. The van der Waals surface area contributed by atoms with Crippen molar-refractivity contribution in [3.05, 3.63) is 48.0 Å². The Morgan fingerprint density at radius 1 is 1.00 bits per heavy atom. The van der Waals surface area contributed by atoms with Crippen molar-refractivity contribution in [3.8, 4) is 0 Å². The van der Waals surface area contributed by atoms with E-state index in [0.29, 0.717) is 12.0 Å². The van der Waals surface area contributed by atoms with Crippen molar-refractivity contribution in [2.24, 2.45) is 5.92 Å². The second-order valence-electron chi connectivity index (χ2n) is 9.27. The molecule has 2 aliphatic heterocycles. The number of thiocarbonyl (C=S) groups is 1. The summed E-state index contributed by atoms with van der Waals surface area (Å²) in [7, 11) is 0. The smallest absolute Gasteiger partial charge is 0.106 e. The van der Waals surface area contributed by atoms with Gasteiger partial charge in [0, 0.05) is 34.5 Å². The highest BCUT2D eigenvalue weighted by molar-refractivity contribution is 7.99. The first-order valence-electron chi connectivity index (χ1n) is 11.7. The van der Waals surface area contributed by atoms with E-state index in [1.54, 1.807) is 0 Å². The summed E-state index contributed by atoms with van der Waals surface area (Å²) in [6.07, 6.45) is 5.17. The van der Waals surface area contributed by atoms with E-state index in [4.69, 9.17) is 12.2 Å². The summed E-state index contributed by atoms with van der Waals surface area (Å²) in [5, 5.41) is 3.46. The van der Waals surface area contributed by atoms with E-state index >= 15 is 0 Å². The number of benzene rings is 2. The van der Waals surface area contributed by atoms with E-state index in [1.165, 1.54) is 53.5 Å². The molecular weight excluding hydrogens is 418 g/mol. The van der Waals surface area contributed by atoms with Crippen LogP contribution in [0.4, 0.5) is 11.4 Å². The van der Waals surface area contributed by atoms with Crippen LogP contribution in [0.25, 0.3) is 0 Å². The molecule has 4 rings (SSSR count). The number of nitrogens with one attached hydrogen (secondary N) is 1. The van der Waals surface area contributed by atoms with Gasteiger partial charge in [0.15, 0.2) is 0 Å². The lowest BCUT2D eigenvalue weighted by Gasteiger charge is -2.40. The minimum Gasteiger partial charge on any atom is -0.376 e. The van der Waals surface area contributed by atoms with Crippen molar-refractivity contribution >= 4 is 40.3 Å². The fraction of sp³-hybridized carbons (Fsp3) is 0.500. The fourth-order valence-corrected chi connectivity index (χ4v) is 5.85. The Morgan fingerprint density at radius 3 is 2.52 bits per heavy atom. The number of fused-ring (bicyclic) bond motifs is 2. The molecule has 0 saturated carbocycles. The minimum atomic E-state index is 0.400. The Bertz CT molecular complexity index is 905. The second-order valence-corrected chi connectivity index (χ2v) is 10.8. The molecule has 166 valence electrons. The van der Waals surface area contributed by atoms with Crippen molar-refractivity contribution in [1.82, 2.24) is 10.2 Å². The Kier molecular flexibility index (Phi) is 7.57. The van der Waals surface area contributed by atoms with Crippen LogP contribution in [0.5, 0.6) is 0 Å². The van der Waals surface area contributed by atoms with Crippen LogP contribution in [0.15, 0.2) is 52.3 Å². The SMILES string of the molecule is CC(C)CCNC(=S)c1ccc2c(c1)N(C(C)CN1CCCCC1)c1ccccc1S2. The van der Waals surface area contributed by atoms with Crippen LogP contribution in [-0.4, -0.2) is 42.1 Å². The van der Waals surface area contributed by atoms with Gasteiger partial charge < -0.3 is 15.1 Å². The molecule has 0 aromatic heterocycles. The maximum absolute atomic E-state index is 5.75. The molecular formula is C26H35N3S2. The molecule has 1 N–H and O–H groups in total. The van der Waals surface area contributed by atoms with Crippen LogP contribution in [0.3, 0.4) is 0 Å². The molecule has 0 radical (unpaired) electrons. The van der Waals surface area contributed by atoms with Gasteiger partial charge in [-0.1, -0.05) is 62.4 Å². The molecule has 5 heteroatoms. The lowest BCUT2D eigenvalue weighted by Crippen LogP contribution is -2.43. The van der Waals surface area contributed by atoms with Crippen molar-refractivity contribution in [1.29, 1.82) is 0 Å². The summed E-state index contributed by atoms with van der Waals surface area (Å²) in [6, 6.07) is 16.0. The number of anilines is 2. The van der Waals surface area contributed by atoms with Gasteiger partial charge in [-0.05, 0) is 69.5 Å². The number of piperidine rings is 1. The average molecular weight is 454 g/mol. The maximum Gasteiger partial charge on any atom is 0.106 e. The Hall–Kier alpha value is -1.56. The monoisotopic (exact) mass is 453 g/mol. The summed E-state index contributed by atoms with van der Waals surface area (Å²) in [6.45, 7) is 11.4. The van der Waals surface area contributed by atoms with Gasteiger partial charge in [0.1, 0.15) is 4.99 Å². The number of rotatable bonds is 7. The van der Waals surface area contributed by atoms with Gasteiger partial charge >= 0.3 is 0 Å². The van der Waals surface area contributed by atoms with Gasteiger partial charge in [-0.3, -0.25) is 0 Å². The molecule has 0 spiro atoms. The van der Waals surface area contributed by atoms with Crippen LogP contribution in [0, 0.1) is 5.92 Å². The number of para-hydroxylation sites is 1. The zero-order valence-electron chi connectivity index (χ0n) is 19.1. The molecule has 1 saturated heterocycles. The highest BCUT2D eigenvalue weighted by Gasteiger charge is 2.28. The highest BCUT2D eigenvalue weighted by atomic mass is 32.2. The zero-order chi connectivity index (χ0) is 21.8. The molecule has 2 aromatic carbocycles. The van der Waals surface area contributed by atoms with E-state index in [-0.39, 0.29) is 0 Å². The van der Waals surface area contributed by atoms with Crippen LogP contribution in [-0.2, 0) is 0 Å². The highest BCUT2D eigenvalue weighted by Crippen LogP contribution is 2.49. The zero-order valence-corrected chi connectivity index (χ0v) is 20.7. The van der Waals surface area contributed by atoms with E-state index in [9.17, 15) is 0 Å². The molecule has 31 heavy (non-hydrogen) atoms. The molecule has 0 amide bonds. The molecule has 0 aliphatic carbocycles. The molecule has 1 unspecified atom stereocenters. The van der Waals surface area contributed by atoms with Crippen molar-refractivity contribution < 1.29 is 0 Å². The first kappa shape index (κ1) is 22.6. The Morgan fingerprint density at radius 2 is 1.74 bits per heavy atom. The van der Waals surface area contributed by atoms with Crippen molar-refractivity contribution in [2.45, 2.75) is 62.3 Å². The number of likely N-dealkylation sites (tertiary alicyclic amines) is 1. The Labute approximate surface area is 197 Å². The summed E-state index contributed by atoms with van der Waals surface area (Å²) < 4.78 is 0. The molecule has 2 aliphatic rings.